The summed E-state index contributed by atoms with van der Waals surface area (Å²) in [5, 5.41) is 0. The van der Waals surface area contributed by atoms with E-state index in [1.165, 1.54) is 13.0 Å². The molecule has 0 aliphatic carbocycles. The minimum atomic E-state index is -0.0314. The summed E-state index contributed by atoms with van der Waals surface area (Å²) in [5.74, 6) is 1.25. The van der Waals surface area contributed by atoms with Crippen molar-refractivity contribution in [3.05, 3.63) is 27.9 Å². The van der Waals surface area contributed by atoms with Crippen LogP contribution in [0.5, 0.6) is 0 Å². The molecule has 2 heterocycles. The van der Waals surface area contributed by atoms with Crippen LogP contribution in [0.1, 0.15) is 37.2 Å². The van der Waals surface area contributed by atoms with Gasteiger partial charge in [-0.2, -0.15) is 0 Å². The van der Waals surface area contributed by atoms with Crippen molar-refractivity contribution in [2.45, 2.75) is 32.6 Å². The van der Waals surface area contributed by atoms with Gasteiger partial charge < -0.3 is 9.88 Å². The fraction of sp³-hybridized carbons (Fsp3) is 0.667. The third-order valence-electron chi connectivity index (χ3n) is 3.23. The summed E-state index contributed by atoms with van der Waals surface area (Å²) < 4.78 is 0. The number of hydrogen-bond donors (Lipinski definition) is 1. The molecule has 0 bridgehead atoms. The molecule has 0 saturated carbocycles. The van der Waals surface area contributed by atoms with E-state index in [0.717, 1.165) is 31.0 Å². The highest BCUT2D eigenvalue weighted by molar-refractivity contribution is 5.05. The molecular formula is C12H19N3O. The smallest absolute Gasteiger partial charge is 0.251 e. The van der Waals surface area contributed by atoms with Crippen LogP contribution in [0.4, 0.5) is 0 Å². The lowest BCUT2D eigenvalue weighted by molar-refractivity contribution is 0.213. The van der Waals surface area contributed by atoms with Crippen LogP contribution in [0.15, 0.2) is 10.9 Å². The monoisotopic (exact) mass is 221 g/mol. The van der Waals surface area contributed by atoms with E-state index in [2.05, 4.69) is 21.8 Å². The molecule has 0 unspecified atom stereocenters. The van der Waals surface area contributed by atoms with Crippen LogP contribution in [0.25, 0.3) is 0 Å². The SMILES string of the molecule is CCN1CCC[C@@H](c2nc(C)cc(=O)[nH]2)C1. The number of aromatic nitrogens is 2. The molecule has 1 atom stereocenters. The average Bonchev–Trinajstić information content (AvgIpc) is 2.28. The van der Waals surface area contributed by atoms with Gasteiger partial charge in [0.15, 0.2) is 0 Å². The molecule has 16 heavy (non-hydrogen) atoms. The Balaban J connectivity index is 2.19. The number of likely N-dealkylation sites (N-methyl/N-ethyl adjacent to an activating group) is 1. The molecule has 4 heteroatoms. The first-order chi connectivity index (χ1) is 7.69. The van der Waals surface area contributed by atoms with Crippen LogP contribution in [0.2, 0.25) is 0 Å². The van der Waals surface area contributed by atoms with Gasteiger partial charge in [0.05, 0.1) is 0 Å². The van der Waals surface area contributed by atoms with E-state index in [9.17, 15) is 4.79 Å². The highest BCUT2D eigenvalue weighted by atomic mass is 16.1. The minimum absolute atomic E-state index is 0.0314. The number of rotatable bonds is 2. The van der Waals surface area contributed by atoms with E-state index < -0.39 is 0 Å². The maximum absolute atomic E-state index is 11.4. The molecule has 0 amide bonds. The average molecular weight is 221 g/mol. The third-order valence-corrected chi connectivity index (χ3v) is 3.23. The summed E-state index contributed by atoms with van der Waals surface area (Å²) in [7, 11) is 0. The summed E-state index contributed by atoms with van der Waals surface area (Å²) in [4.78, 5) is 21.1. The largest absolute Gasteiger partial charge is 0.310 e. The highest BCUT2D eigenvalue weighted by Gasteiger charge is 2.22. The first-order valence-electron chi connectivity index (χ1n) is 5.99. The maximum Gasteiger partial charge on any atom is 0.251 e. The number of aromatic amines is 1. The first-order valence-corrected chi connectivity index (χ1v) is 5.99. The predicted molar refractivity (Wildman–Crippen MR) is 63.7 cm³/mol. The number of hydrogen-bond acceptors (Lipinski definition) is 3. The Morgan fingerprint density at radius 1 is 1.62 bits per heavy atom. The summed E-state index contributed by atoms with van der Waals surface area (Å²) >= 11 is 0. The van der Waals surface area contributed by atoms with Crippen molar-refractivity contribution in [3.63, 3.8) is 0 Å². The van der Waals surface area contributed by atoms with Crippen molar-refractivity contribution < 1.29 is 0 Å². The van der Waals surface area contributed by atoms with Gasteiger partial charge in [-0.25, -0.2) is 4.98 Å². The Morgan fingerprint density at radius 2 is 2.44 bits per heavy atom. The molecule has 88 valence electrons. The molecule has 1 aliphatic rings. The number of likely N-dealkylation sites (tertiary alicyclic amines) is 1. The Labute approximate surface area is 95.7 Å². The van der Waals surface area contributed by atoms with Crippen LogP contribution in [0, 0.1) is 6.92 Å². The van der Waals surface area contributed by atoms with E-state index in [-0.39, 0.29) is 5.56 Å². The summed E-state index contributed by atoms with van der Waals surface area (Å²) in [5.41, 5.74) is 0.781. The van der Waals surface area contributed by atoms with Crippen LogP contribution >= 0.6 is 0 Å². The molecule has 1 aromatic rings. The zero-order chi connectivity index (χ0) is 11.5. The standard InChI is InChI=1S/C12H19N3O/c1-3-15-6-4-5-10(8-15)12-13-9(2)7-11(16)14-12/h7,10H,3-6,8H2,1-2H3,(H,13,14,16)/t10-/m1/s1. The lowest BCUT2D eigenvalue weighted by atomic mass is 9.97. The second-order valence-corrected chi connectivity index (χ2v) is 4.50. The lowest BCUT2D eigenvalue weighted by Gasteiger charge is -2.31. The van der Waals surface area contributed by atoms with Crippen LogP contribution in [-0.4, -0.2) is 34.5 Å². The molecule has 1 aromatic heterocycles. The van der Waals surface area contributed by atoms with E-state index >= 15 is 0 Å². The Morgan fingerprint density at radius 3 is 3.12 bits per heavy atom. The topological polar surface area (TPSA) is 49.0 Å². The normalized spacial score (nSPS) is 22.2. The van der Waals surface area contributed by atoms with Crippen molar-refractivity contribution in [2.75, 3.05) is 19.6 Å². The molecule has 1 aliphatic heterocycles. The Hall–Kier alpha value is -1.16. The van der Waals surface area contributed by atoms with Gasteiger partial charge in [-0.1, -0.05) is 6.92 Å². The van der Waals surface area contributed by atoms with Gasteiger partial charge in [0, 0.05) is 24.2 Å². The second kappa shape index (κ2) is 4.78. The summed E-state index contributed by atoms with van der Waals surface area (Å²) in [6, 6.07) is 1.55. The zero-order valence-electron chi connectivity index (χ0n) is 9.99. The lowest BCUT2D eigenvalue weighted by Crippen LogP contribution is -2.35. The quantitative estimate of drug-likeness (QED) is 0.818. The Bertz CT molecular complexity index is 413. The van der Waals surface area contributed by atoms with Crippen LogP contribution in [-0.2, 0) is 0 Å². The van der Waals surface area contributed by atoms with Gasteiger partial charge in [0.25, 0.3) is 5.56 Å². The van der Waals surface area contributed by atoms with Crippen molar-refractivity contribution in [1.29, 1.82) is 0 Å². The molecule has 4 nitrogen and oxygen atoms in total. The van der Waals surface area contributed by atoms with Crippen molar-refractivity contribution in [1.82, 2.24) is 14.9 Å². The van der Waals surface area contributed by atoms with Gasteiger partial charge in [-0.05, 0) is 32.9 Å². The van der Waals surface area contributed by atoms with E-state index in [4.69, 9.17) is 0 Å². The molecule has 1 saturated heterocycles. The molecule has 0 radical (unpaired) electrons. The highest BCUT2D eigenvalue weighted by Crippen LogP contribution is 2.23. The van der Waals surface area contributed by atoms with Gasteiger partial charge in [0.2, 0.25) is 0 Å². The molecule has 0 aromatic carbocycles. The van der Waals surface area contributed by atoms with E-state index in [1.54, 1.807) is 6.07 Å². The van der Waals surface area contributed by atoms with Gasteiger partial charge in [0.1, 0.15) is 5.82 Å². The van der Waals surface area contributed by atoms with Crippen LogP contribution in [0.3, 0.4) is 0 Å². The number of aryl methyl sites for hydroxylation is 1. The van der Waals surface area contributed by atoms with Gasteiger partial charge in [-0.3, -0.25) is 4.79 Å². The van der Waals surface area contributed by atoms with Crippen LogP contribution < -0.4 is 5.56 Å². The van der Waals surface area contributed by atoms with Gasteiger partial charge >= 0.3 is 0 Å². The van der Waals surface area contributed by atoms with Gasteiger partial charge in [-0.15, -0.1) is 0 Å². The molecular weight excluding hydrogens is 202 g/mol. The van der Waals surface area contributed by atoms with E-state index in [1.807, 2.05) is 6.92 Å². The molecule has 1 N–H and O–H groups in total. The number of nitrogens with zero attached hydrogens (tertiary/aromatic N) is 2. The summed E-state index contributed by atoms with van der Waals surface area (Å²) in [6.45, 7) is 7.31. The van der Waals surface area contributed by atoms with E-state index in [0.29, 0.717) is 5.92 Å². The minimum Gasteiger partial charge on any atom is -0.310 e. The first kappa shape index (κ1) is 11.3. The Kier molecular flexibility index (Phi) is 3.39. The van der Waals surface area contributed by atoms with Crippen molar-refractivity contribution >= 4 is 0 Å². The summed E-state index contributed by atoms with van der Waals surface area (Å²) in [6.07, 6.45) is 2.32. The van der Waals surface area contributed by atoms with Crippen molar-refractivity contribution in [2.24, 2.45) is 0 Å². The molecule has 1 fully saturated rings. The number of nitrogens with one attached hydrogen (secondary N) is 1. The fourth-order valence-corrected chi connectivity index (χ4v) is 2.36. The maximum atomic E-state index is 11.4. The predicted octanol–water partition coefficient (Wildman–Crippen LogP) is 1.28. The number of piperidine rings is 1. The zero-order valence-corrected chi connectivity index (χ0v) is 9.99. The number of H-pyrrole nitrogens is 1. The molecule has 2 rings (SSSR count). The second-order valence-electron chi connectivity index (χ2n) is 4.50. The fourth-order valence-electron chi connectivity index (χ4n) is 2.36. The third kappa shape index (κ3) is 2.50. The molecule has 0 spiro atoms. The van der Waals surface area contributed by atoms with Crippen molar-refractivity contribution in [3.8, 4) is 0 Å².